The van der Waals surface area contributed by atoms with Crippen molar-refractivity contribution in [1.82, 2.24) is 0 Å². The highest BCUT2D eigenvalue weighted by Crippen LogP contribution is 2.44. The van der Waals surface area contributed by atoms with E-state index in [4.69, 9.17) is 4.74 Å². The lowest BCUT2D eigenvalue weighted by Gasteiger charge is -2.24. The van der Waals surface area contributed by atoms with Crippen LogP contribution in [0.15, 0.2) is 69.6 Å². The van der Waals surface area contributed by atoms with Crippen molar-refractivity contribution in [3.63, 3.8) is 0 Å². The number of carbonyl (C=O) groups excluding carboxylic acids is 1. The number of rotatable bonds is 0. The number of hydrogen-bond acceptors (Lipinski definition) is 2. The van der Waals surface area contributed by atoms with E-state index in [2.05, 4.69) is 60.0 Å². The predicted molar refractivity (Wildman–Crippen MR) is 105 cm³/mol. The molecule has 1 heterocycles. The molecule has 0 radical (unpaired) electrons. The van der Waals surface area contributed by atoms with Crippen LogP contribution >= 0.6 is 8.86 Å². The average Bonchev–Trinajstić information content (AvgIpc) is 2.72. The first kappa shape index (κ1) is 16.5. The molecule has 0 saturated heterocycles. The van der Waals surface area contributed by atoms with Gasteiger partial charge in [0.2, 0.25) is 0 Å². The van der Waals surface area contributed by atoms with Crippen LogP contribution < -0.4 is 0 Å². The van der Waals surface area contributed by atoms with Crippen molar-refractivity contribution >= 4 is 19.9 Å². The molecule has 3 aliphatic carbocycles. The number of carbonyl (C=O) groups is 1. The minimum absolute atomic E-state index is 0.0498. The topological polar surface area (TPSA) is 26.3 Å². The molecule has 4 rings (SSSR count). The molecule has 0 saturated carbocycles. The molecule has 0 spiro atoms. The van der Waals surface area contributed by atoms with E-state index in [0.29, 0.717) is 11.7 Å². The van der Waals surface area contributed by atoms with Crippen LogP contribution in [-0.2, 0) is 9.53 Å². The van der Waals surface area contributed by atoms with Gasteiger partial charge in [-0.15, -0.1) is 8.86 Å². The fraction of sp³-hybridized carbons (Fsp3) is 0.364. The Balaban J connectivity index is 1.97. The fourth-order valence-electron chi connectivity index (χ4n) is 3.82. The van der Waals surface area contributed by atoms with Gasteiger partial charge in [0, 0.05) is 23.1 Å². The highest BCUT2D eigenvalue weighted by atomic mass is 31.0. The zero-order chi connectivity index (χ0) is 17.9. The summed E-state index contributed by atoms with van der Waals surface area (Å²) >= 11 is 0. The first-order valence-electron chi connectivity index (χ1n) is 8.84. The molecule has 2 nitrogen and oxygen atoms in total. The molecular weight excluding hydrogens is 327 g/mol. The molecule has 3 heteroatoms. The number of allylic oxidation sites excluding steroid dienone is 9. The van der Waals surface area contributed by atoms with E-state index in [1.807, 2.05) is 6.92 Å². The Morgan fingerprint density at radius 1 is 1.20 bits per heavy atom. The molecule has 4 aliphatic rings. The van der Waals surface area contributed by atoms with Gasteiger partial charge in [-0.1, -0.05) is 51.2 Å². The summed E-state index contributed by atoms with van der Waals surface area (Å²) in [6.07, 6.45) is 12.5. The van der Waals surface area contributed by atoms with Crippen molar-refractivity contribution < 1.29 is 9.53 Å². The van der Waals surface area contributed by atoms with Crippen LogP contribution in [0.4, 0.5) is 0 Å². The van der Waals surface area contributed by atoms with E-state index in [9.17, 15) is 4.79 Å². The van der Waals surface area contributed by atoms with Gasteiger partial charge < -0.3 is 4.74 Å². The maximum Gasteiger partial charge on any atom is 0.197 e. The Morgan fingerprint density at radius 2 is 1.96 bits per heavy atom. The molecule has 0 aromatic heterocycles. The zero-order valence-corrected chi connectivity index (χ0v) is 16.2. The van der Waals surface area contributed by atoms with Crippen molar-refractivity contribution in [2.75, 3.05) is 0 Å². The van der Waals surface area contributed by atoms with Crippen molar-refractivity contribution in [3.8, 4) is 0 Å². The van der Waals surface area contributed by atoms with Gasteiger partial charge in [0.15, 0.2) is 5.78 Å². The van der Waals surface area contributed by atoms with Gasteiger partial charge in [0.05, 0.1) is 5.29 Å². The zero-order valence-electron chi connectivity index (χ0n) is 15.2. The third-order valence-corrected chi connectivity index (χ3v) is 5.68. The minimum atomic E-state index is 0.0498. The van der Waals surface area contributed by atoms with Gasteiger partial charge in [-0.3, -0.25) is 4.79 Å². The summed E-state index contributed by atoms with van der Waals surface area (Å²) in [5.41, 5.74) is 6.58. The lowest BCUT2D eigenvalue weighted by atomic mass is 9.81. The van der Waals surface area contributed by atoms with Crippen molar-refractivity contribution in [3.05, 3.63) is 69.6 Å². The lowest BCUT2D eigenvalue weighted by molar-refractivity contribution is -0.109. The molecular formula is C22H23O2P. The molecule has 0 N–H and O–H groups in total. The maximum atomic E-state index is 12.9. The monoisotopic (exact) mass is 350 g/mol. The Bertz CT molecular complexity index is 895. The van der Waals surface area contributed by atoms with E-state index in [0.717, 1.165) is 28.9 Å². The number of hydrogen-bond donors (Lipinski definition) is 0. The summed E-state index contributed by atoms with van der Waals surface area (Å²) in [6, 6.07) is 0. The van der Waals surface area contributed by atoms with Gasteiger partial charge in [-0.25, -0.2) is 0 Å². The van der Waals surface area contributed by atoms with E-state index in [1.165, 1.54) is 16.7 Å². The van der Waals surface area contributed by atoms with Crippen LogP contribution in [0.25, 0.3) is 0 Å². The summed E-state index contributed by atoms with van der Waals surface area (Å²) in [4.78, 5) is 12.9. The van der Waals surface area contributed by atoms with E-state index < -0.39 is 0 Å². The van der Waals surface area contributed by atoms with E-state index in [-0.39, 0.29) is 17.3 Å². The lowest BCUT2D eigenvalue weighted by Crippen LogP contribution is -2.24. The second-order valence-corrected chi connectivity index (χ2v) is 8.73. The molecule has 128 valence electrons. The highest BCUT2D eigenvalue weighted by molar-refractivity contribution is 7.27. The Morgan fingerprint density at radius 3 is 2.68 bits per heavy atom. The summed E-state index contributed by atoms with van der Waals surface area (Å²) < 4.78 is 6.04. The Kier molecular flexibility index (Phi) is 3.67. The third-order valence-electron chi connectivity index (χ3n) is 5.20. The first-order valence-corrected chi connectivity index (χ1v) is 9.34. The van der Waals surface area contributed by atoms with Gasteiger partial charge >= 0.3 is 0 Å². The number of ketones is 1. The van der Waals surface area contributed by atoms with Gasteiger partial charge in [-0.2, -0.15) is 0 Å². The van der Waals surface area contributed by atoms with Gasteiger partial charge in [-0.05, 0) is 35.5 Å². The van der Waals surface area contributed by atoms with Crippen molar-refractivity contribution in [1.29, 1.82) is 0 Å². The van der Waals surface area contributed by atoms with Gasteiger partial charge in [0.25, 0.3) is 0 Å². The molecule has 1 aliphatic heterocycles. The molecule has 0 fully saturated rings. The van der Waals surface area contributed by atoms with E-state index >= 15 is 0 Å². The molecule has 25 heavy (non-hydrogen) atoms. The highest BCUT2D eigenvalue weighted by Gasteiger charge is 2.39. The summed E-state index contributed by atoms with van der Waals surface area (Å²) in [5, 5.41) is 0.666. The van der Waals surface area contributed by atoms with Crippen LogP contribution in [0.2, 0.25) is 0 Å². The number of ether oxygens (including phenoxy) is 1. The number of fused-ring (bicyclic) bond motifs is 4. The molecule has 1 atom stereocenters. The second kappa shape index (κ2) is 5.54. The third kappa shape index (κ3) is 2.64. The largest absolute Gasteiger partial charge is 0.489 e. The molecule has 0 aromatic carbocycles. The van der Waals surface area contributed by atoms with Crippen molar-refractivity contribution in [2.45, 2.75) is 46.6 Å². The van der Waals surface area contributed by atoms with Crippen LogP contribution in [0.1, 0.15) is 40.5 Å². The minimum Gasteiger partial charge on any atom is -0.489 e. The summed E-state index contributed by atoms with van der Waals surface area (Å²) in [6.45, 7) is 8.67. The average molecular weight is 350 g/mol. The summed E-state index contributed by atoms with van der Waals surface area (Å²) in [7, 11) is 3.67. The normalized spacial score (nSPS) is 25.6. The smallest absolute Gasteiger partial charge is 0.197 e. The first-order chi connectivity index (χ1) is 11.8. The van der Waals surface area contributed by atoms with Gasteiger partial charge in [0.1, 0.15) is 11.9 Å². The van der Waals surface area contributed by atoms with Crippen LogP contribution in [0.5, 0.6) is 0 Å². The molecule has 1 unspecified atom stereocenters. The van der Waals surface area contributed by atoms with Crippen LogP contribution in [-0.4, -0.2) is 17.2 Å². The van der Waals surface area contributed by atoms with E-state index in [1.54, 1.807) is 0 Å². The predicted octanol–water partition coefficient (Wildman–Crippen LogP) is 5.04. The Labute approximate surface area is 151 Å². The standard InChI is InChI=1S/C22H23O2P/c1-12-9-17-19(23)21(25)18-14-10-13(6-8-16(18)20(17)24-12)5-7-15(11-14)22(2,3)4/h5-8,11-12,25H,9-10H2,1-4H3. The second-order valence-electron chi connectivity index (χ2n) is 8.23. The van der Waals surface area contributed by atoms with Crippen molar-refractivity contribution in [2.24, 2.45) is 5.41 Å². The quantitative estimate of drug-likeness (QED) is 0.572. The molecule has 0 aromatic rings. The maximum absolute atomic E-state index is 12.9. The summed E-state index contributed by atoms with van der Waals surface area (Å²) in [5.74, 6) is 0.849. The SMILES string of the molecule is CC1CC2=C(O1)C1=CC=C3C=CC(C(C)(C)C)=CC(=C1C(=P)C2=O)C3. The fourth-order valence-corrected chi connectivity index (χ4v) is 4.26. The van der Waals surface area contributed by atoms with Crippen LogP contribution in [0, 0.1) is 5.41 Å². The Hall–Kier alpha value is -1.92. The molecule has 2 bridgehead atoms. The van der Waals surface area contributed by atoms with Crippen LogP contribution in [0.3, 0.4) is 0 Å². The number of Topliss-reactive ketones (excluding diaryl/α,β-unsaturated/α-hetero) is 1. The molecule has 0 amide bonds.